The van der Waals surface area contributed by atoms with Gasteiger partial charge >= 0.3 is 0 Å². The SMILES string of the molecule is N[C@@H]1CCCN(Cc2ccnc(C(=O)Nc3ccc(-c4cc5c(C6=CCOCC6)ncnc5[nH]4)cc3)c2)C1. The lowest BCUT2D eigenvalue weighted by atomic mass is 10.0. The summed E-state index contributed by atoms with van der Waals surface area (Å²) in [6, 6.07) is 13.9. The van der Waals surface area contributed by atoms with Crippen LogP contribution in [0.2, 0.25) is 0 Å². The number of ether oxygens (including phenoxy) is 1. The van der Waals surface area contributed by atoms with E-state index in [1.165, 1.54) is 5.57 Å². The molecule has 5 heterocycles. The average molecular weight is 510 g/mol. The first-order chi connectivity index (χ1) is 18.6. The Morgan fingerprint density at radius 3 is 2.87 bits per heavy atom. The Labute approximate surface area is 221 Å². The summed E-state index contributed by atoms with van der Waals surface area (Å²) in [5.74, 6) is -0.231. The van der Waals surface area contributed by atoms with Gasteiger partial charge in [0.2, 0.25) is 0 Å². The van der Waals surface area contributed by atoms with Gasteiger partial charge in [-0.05, 0) is 72.8 Å². The van der Waals surface area contributed by atoms with Gasteiger partial charge in [-0.1, -0.05) is 18.2 Å². The number of hydrogen-bond donors (Lipinski definition) is 3. The molecular weight excluding hydrogens is 478 g/mol. The Kier molecular flexibility index (Phi) is 6.96. The zero-order valence-electron chi connectivity index (χ0n) is 21.2. The Hall–Kier alpha value is -3.92. The van der Waals surface area contributed by atoms with E-state index in [2.05, 4.69) is 42.3 Å². The molecule has 0 unspecified atom stereocenters. The molecule has 4 aromatic rings. The minimum atomic E-state index is -0.231. The lowest BCUT2D eigenvalue weighted by Crippen LogP contribution is -2.42. The van der Waals surface area contributed by atoms with Crippen molar-refractivity contribution in [2.75, 3.05) is 31.6 Å². The summed E-state index contributed by atoms with van der Waals surface area (Å²) >= 11 is 0. The fourth-order valence-electron chi connectivity index (χ4n) is 5.21. The summed E-state index contributed by atoms with van der Waals surface area (Å²) in [5.41, 5.74) is 13.1. The van der Waals surface area contributed by atoms with E-state index in [-0.39, 0.29) is 11.9 Å². The van der Waals surface area contributed by atoms with Crippen molar-refractivity contribution in [2.45, 2.75) is 31.8 Å². The predicted molar refractivity (Wildman–Crippen MR) is 147 cm³/mol. The third-order valence-corrected chi connectivity index (χ3v) is 7.15. The fraction of sp³-hybridized carbons (Fsp3) is 0.310. The van der Waals surface area contributed by atoms with Gasteiger partial charge < -0.3 is 20.8 Å². The van der Waals surface area contributed by atoms with Crippen molar-refractivity contribution in [3.05, 3.63) is 78.0 Å². The van der Waals surface area contributed by atoms with E-state index in [0.29, 0.717) is 24.6 Å². The highest BCUT2D eigenvalue weighted by Gasteiger charge is 2.18. The van der Waals surface area contributed by atoms with Crippen molar-refractivity contribution in [1.82, 2.24) is 24.8 Å². The minimum Gasteiger partial charge on any atom is -0.377 e. The summed E-state index contributed by atoms with van der Waals surface area (Å²) in [6.45, 7) is 3.99. The highest BCUT2D eigenvalue weighted by Crippen LogP contribution is 2.30. The van der Waals surface area contributed by atoms with E-state index in [1.54, 1.807) is 12.5 Å². The summed E-state index contributed by atoms with van der Waals surface area (Å²) < 4.78 is 5.45. The second-order valence-corrected chi connectivity index (χ2v) is 9.94. The number of carbonyl (C=O) groups excluding carboxylic acids is 1. The minimum absolute atomic E-state index is 0.222. The number of pyridine rings is 1. The monoisotopic (exact) mass is 509 g/mol. The van der Waals surface area contributed by atoms with Gasteiger partial charge in [-0.3, -0.25) is 14.7 Å². The van der Waals surface area contributed by atoms with Crippen LogP contribution in [0.1, 0.15) is 41.0 Å². The highest BCUT2D eigenvalue weighted by atomic mass is 16.5. The molecule has 0 bridgehead atoms. The van der Waals surface area contributed by atoms with E-state index < -0.39 is 0 Å². The van der Waals surface area contributed by atoms with Crippen LogP contribution >= 0.6 is 0 Å². The highest BCUT2D eigenvalue weighted by molar-refractivity contribution is 6.03. The number of nitrogens with one attached hydrogen (secondary N) is 2. The zero-order chi connectivity index (χ0) is 25.9. The van der Waals surface area contributed by atoms with E-state index in [0.717, 1.165) is 72.4 Å². The number of likely N-dealkylation sites (tertiary alicyclic amines) is 1. The fourth-order valence-corrected chi connectivity index (χ4v) is 5.21. The molecule has 0 saturated carbocycles. The summed E-state index contributed by atoms with van der Waals surface area (Å²) in [6.07, 6.45) is 8.39. The maximum absolute atomic E-state index is 12.9. The number of rotatable bonds is 6. The topological polar surface area (TPSA) is 122 Å². The summed E-state index contributed by atoms with van der Waals surface area (Å²) in [5, 5.41) is 3.96. The first-order valence-corrected chi connectivity index (χ1v) is 13.1. The van der Waals surface area contributed by atoms with Crippen LogP contribution in [0.5, 0.6) is 0 Å². The number of carbonyl (C=O) groups is 1. The van der Waals surface area contributed by atoms with E-state index in [1.807, 2.05) is 36.4 Å². The van der Waals surface area contributed by atoms with E-state index in [9.17, 15) is 4.79 Å². The van der Waals surface area contributed by atoms with Crippen molar-refractivity contribution < 1.29 is 9.53 Å². The molecular formula is C29H31N7O2. The van der Waals surface area contributed by atoms with Gasteiger partial charge in [-0.15, -0.1) is 0 Å². The Bertz CT molecular complexity index is 1480. The van der Waals surface area contributed by atoms with Gasteiger partial charge in [-0.2, -0.15) is 0 Å². The van der Waals surface area contributed by atoms with Gasteiger partial charge in [0, 0.05) is 42.1 Å². The number of amides is 1. The van der Waals surface area contributed by atoms with Crippen molar-refractivity contribution in [1.29, 1.82) is 0 Å². The molecule has 1 saturated heterocycles. The number of piperidine rings is 1. The van der Waals surface area contributed by atoms with Gasteiger partial charge in [-0.25, -0.2) is 9.97 Å². The summed E-state index contributed by atoms with van der Waals surface area (Å²) in [4.78, 5) is 31.9. The van der Waals surface area contributed by atoms with Gasteiger partial charge in [0.25, 0.3) is 5.91 Å². The van der Waals surface area contributed by atoms with E-state index in [4.69, 9.17) is 10.5 Å². The van der Waals surface area contributed by atoms with Gasteiger partial charge in [0.15, 0.2) is 0 Å². The van der Waals surface area contributed by atoms with Crippen molar-refractivity contribution in [3.63, 3.8) is 0 Å². The standard InChI is InChI=1S/C29H31N7O2/c30-22-2-1-11-36(17-22)16-19-7-10-31-26(14-19)29(37)34-23-5-3-20(4-6-23)25-15-24-27(21-8-12-38-13-9-21)32-18-33-28(24)35-25/h3-8,10,14-15,18,22H,1-2,9,11-13,16-17,30H2,(H,34,37)(H,32,33,35)/t22-/m1/s1. The molecule has 1 amide bonds. The molecule has 1 aromatic carbocycles. The number of aromatic amines is 1. The van der Waals surface area contributed by atoms with Crippen LogP contribution in [0.4, 0.5) is 5.69 Å². The number of nitrogens with zero attached hydrogens (tertiary/aromatic N) is 4. The van der Waals surface area contributed by atoms with Crippen molar-refractivity contribution in [2.24, 2.45) is 5.73 Å². The van der Waals surface area contributed by atoms with Crippen LogP contribution in [0.25, 0.3) is 27.9 Å². The normalized spacial score (nSPS) is 18.3. The van der Waals surface area contributed by atoms with Crippen molar-refractivity contribution in [3.8, 4) is 11.3 Å². The number of fused-ring (bicyclic) bond motifs is 1. The van der Waals surface area contributed by atoms with Gasteiger partial charge in [0.05, 0.1) is 18.9 Å². The molecule has 0 spiro atoms. The molecule has 3 aromatic heterocycles. The maximum atomic E-state index is 12.9. The average Bonchev–Trinajstić information content (AvgIpc) is 3.39. The largest absolute Gasteiger partial charge is 0.377 e. The number of H-pyrrole nitrogens is 1. The molecule has 2 aliphatic heterocycles. The molecule has 194 valence electrons. The number of hydrogen-bond acceptors (Lipinski definition) is 7. The lowest BCUT2D eigenvalue weighted by Gasteiger charge is -2.30. The van der Waals surface area contributed by atoms with Crippen LogP contribution < -0.4 is 11.1 Å². The number of anilines is 1. The second kappa shape index (κ2) is 10.8. The lowest BCUT2D eigenvalue weighted by molar-refractivity contribution is 0.102. The van der Waals surface area contributed by atoms with E-state index >= 15 is 0 Å². The molecule has 6 rings (SSSR count). The Balaban J connectivity index is 1.15. The smallest absolute Gasteiger partial charge is 0.274 e. The van der Waals surface area contributed by atoms with Crippen molar-refractivity contribution >= 4 is 28.2 Å². The molecule has 38 heavy (non-hydrogen) atoms. The Morgan fingerprint density at radius 2 is 2.05 bits per heavy atom. The zero-order valence-corrected chi connectivity index (χ0v) is 21.2. The third-order valence-electron chi connectivity index (χ3n) is 7.15. The van der Waals surface area contributed by atoms with Crippen LogP contribution in [0.3, 0.4) is 0 Å². The molecule has 1 fully saturated rings. The number of nitrogens with two attached hydrogens (primary N) is 1. The van der Waals surface area contributed by atoms with Gasteiger partial charge in [0.1, 0.15) is 17.7 Å². The van der Waals surface area contributed by atoms with Crippen LogP contribution in [0, 0.1) is 0 Å². The molecule has 1 atom stereocenters. The quantitative estimate of drug-likeness (QED) is 0.359. The molecule has 0 aliphatic carbocycles. The summed E-state index contributed by atoms with van der Waals surface area (Å²) in [7, 11) is 0. The van der Waals surface area contributed by atoms with Crippen LogP contribution in [-0.2, 0) is 11.3 Å². The predicted octanol–water partition coefficient (Wildman–Crippen LogP) is 4.00. The third kappa shape index (κ3) is 5.35. The molecule has 0 radical (unpaired) electrons. The Morgan fingerprint density at radius 1 is 1.16 bits per heavy atom. The molecule has 2 aliphatic rings. The molecule has 4 N–H and O–H groups in total. The van der Waals surface area contributed by atoms with Crippen LogP contribution in [-0.4, -0.2) is 63.1 Å². The first-order valence-electron chi connectivity index (χ1n) is 13.1. The molecule has 9 heteroatoms. The van der Waals surface area contributed by atoms with Crippen LogP contribution in [0.15, 0.2) is 61.1 Å². The number of aromatic nitrogens is 4. The maximum Gasteiger partial charge on any atom is 0.274 e. The second-order valence-electron chi connectivity index (χ2n) is 9.94. The number of benzene rings is 1. The molecule has 9 nitrogen and oxygen atoms in total. The first kappa shape index (κ1) is 24.4.